The Labute approximate surface area is 136 Å². The molecule has 5 nitrogen and oxygen atoms in total. The van der Waals surface area contributed by atoms with Crippen LogP contribution >= 0.6 is 0 Å². The van der Waals surface area contributed by atoms with Gasteiger partial charge in [0.2, 0.25) is 5.82 Å². The summed E-state index contributed by atoms with van der Waals surface area (Å²) in [6.07, 6.45) is 2.92. The normalized spacial score (nSPS) is 13.9. The van der Waals surface area contributed by atoms with E-state index < -0.39 is 46.2 Å². The molecular formula is C16H16F3NO4. The van der Waals surface area contributed by atoms with Gasteiger partial charge in [-0.1, -0.05) is 0 Å². The molecule has 0 aliphatic heterocycles. The number of hydrogen-bond acceptors (Lipinski definition) is 5. The molecule has 1 fully saturated rings. The molecule has 0 saturated heterocycles. The van der Waals surface area contributed by atoms with E-state index in [1.807, 2.05) is 0 Å². The van der Waals surface area contributed by atoms with Crippen molar-refractivity contribution in [3.63, 3.8) is 0 Å². The van der Waals surface area contributed by atoms with Gasteiger partial charge < -0.3 is 14.8 Å². The number of carbonyl (C=O) groups excluding carboxylic acids is 2. The molecule has 1 aromatic carbocycles. The molecule has 0 atom stereocenters. The van der Waals surface area contributed by atoms with Gasteiger partial charge in [-0.05, 0) is 25.8 Å². The van der Waals surface area contributed by atoms with E-state index in [1.54, 1.807) is 6.92 Å². The van der Waals surface area contributed by atoms with Gasteiger partial charge in [-0.25, -0.2) is 13.6 Å². The first kappa shape index (κ1) is 17.8. The van der Waals surface area contributed by atoms with Crippen LogP contribution in [0.5, 0.6) is 5.75 Å². The van der Waals surface area contributed by atoms with Gasteiger partial charge in [-0.15, -0.1) is 0 Å². The molecule has 0 heterocycles. The van der Waals surface area contributed by atoms with Gasteiger partial charge in [0.1, 0.15) is 0 Å². The fourth-order valence-electron chi connectivity index (χ4n) is 2.03. The number of hydrogen-bond donors (Lipinski definition) is 1. The van der Waals surface area contributed by atoms with Gasteiger partial charge >= 0.3 is 5.97 Å². The molecule has 0 radical (unpaired) electrons. The number of esters is 1. The Morgan fingerprint density at radius 2 is 1.83 bits per heavy atom. The summed E-state index contributed by atoms with van der Waals surface area (Å²) in [6, 6.07) is -0.160. The molecule has 0 unspecified atom stereocenters. The zero-order valence-electron chi connectivity index (χ0n) is 13.1. The van der Waals surface area contributed by atoms with E-state index in [4.69, 9.17) is 0 Å². The Morgan fingerprint density at radius 1 is 1.17 bits per heavy atom. The first-order valence-electron chi connectivity index (χ1n) is 7.30. The molecule has 0 aromatic heterocycles. The third-order valence-electron chi connectivity index (χ3n) is 3.31. The van der Waals surface area contributed by atoms with Crippen molar-refractivity contribution in [2.24, 2.45) is 0 Å². The first-order valence-corrected chi connectivity index (χ1v) is 7.30. The molecule has 2 rings (SSSR count). The van der Waals surface area contributed by atoms with Gasteiger partial charge in [0.25, 0.3) is 0 Å². The number of anilines is 1. The minimum absolute atomic E-state index is 0.0964. The molecule has 8 heteroatoms. The van der Waals surface area contributed by atoms with Crippen LogP contribution in [0, 0.1) is 17.5 Å². The zero-order valence-corrected chi connectivity index (χ0v) is 13.1. The number of methoxy groups -OCH3 is 1. The van der Waals surface area contributed by atoms with Crippen LogP contribution in [-0.2, 0) is 9.53 Å². The lowest BCUT2D eigenvalue weighted by Crippen LogP contribution is -2.15. The van der Waals surface area contributed by atoms with Crippen LogP contribution in [0.4, 0.5) is 18.9 Å². The smallest absolute Gasteiger partial charge is 0.330 e. The highest BCUT2D eigenvalue weighted by Crippen LogP contribution is 2.37. The standard InChI is InChI=1S/C16H16F3NO4/c1-3-24-10(22)7-6-9(21)11-12(17)16(23-2)14(19)13(18)15(11)20-8-4-5-8/h6-8,20H,3-5H2,1-2H3/b7-6+. The van der Waals surface area contributed by atoms with Crippen LogP contribution in [0.25, 0.3) is 0 Å². The highest BCUT2D eigenvalue weighted by molar-refractivity contribution is 6.11. The number of halogens is 3. The lowest BCUT2D eigenvalue weighted by Gasteiger charge is -2.15. The van der Waals surface area contributed by atoms with E-state index in [-0.39, 0.29) is 12.6 Å². The van der Waals surface area contributed by atoms with Crippen LogP contribution < -0.4 is 10.1 Å². The Hall–Kier alpha value is -2.51. The van der Waals surface area contributed by atoms with Crippen molar-refractivity contribution in [3.8, 4) is 5.75 Å². The third kappa shape index (κ3) is 3.69. The Bertz CT molecular complexity index is 699. The van der Waals surface area contributed by atoms with Crippen molar-refractivity contribution in [3.05, 3.63) is 35.2 Å². The minimum Gasteiger partial charge on any atom is -0.491 e. The van der Waals surface area contributed by atoms with Crippen molar-refractivity contribution >= 4 is 17.4 Å². The van der Waals surface area contributed by atoms with Gasteiger partial charge in [-0.2, -0.15) is 4.39 Å². The maximum absolute atomic E-state index is 14.4. The zero-order chi connectivity index (χ0) is 17.9. The topological polar surface area (TPSA) is 64.6 Å². The number of rotatable bonds is 7. The predicted octanol–water partition coefficient (Wildman–Crippen LogP) is 2.99. The van der Waals surface area contributed by atoms with Crippen molar-refractivity contribution in [2.75, 3.05) is 19.0 Å². The largest absolute Gasteiger partial charge is 0.491 e. The van der Waals surface area contributed by atoms with E-state index in [1.165, 1.54) is 0 Å². The van der Waals surface area contributed by atoms with E-state index in [9.17, 15) is 22.8 Å². The summed E-state index contributed by atoms with van der Waals surface area (Å²) in [6.45, 7) is 1.67. The number of ketones is 1. The summed E-state index contributed by atoms with van der Waals surface area (Å²) >= 11 is 0. The molecule has 1 N–H and O–H groups in total. The first-order chi connectivity index (χ1) is 11.4. The Morgan fingerprint density at radius 3 is 2.38 bits per heavy atom. The average Bonchev–Trinajstić information content (AvgIpc) is 3.35. The molecule has 1 aromatic rings. The second-order valence-corrected chi connectivity index (χ2v) is 5.09. The SMILES string of the molecule is CCOC(=O)/C=C/C(=O)c1c(F)c(OC)c(F)c(F)c1NC1CC1. The second-order valence-electron chi connectivity index (χ2n) is 5.09. The van der Waals surface area contributed by atoms with E-state index in [2.05, 4.69) is 14.8 Å². The fraction of sp³-hybridized carbons (Fsp3) is 0.375. The van der Waals surface area contributed by atoms with E-state index in [0.29, 0.717) is 12.8 Å². The number of benzene rings is 1. The predicted molar refractivity (Wildman–Crippen MR) is 79.6 cm³/mol. The number of ether oxygens (including phenoxy) is 2. The summed E-state index contributed by atoms with van der Waals surface area (Å²) in [5, 5.41) is 2.60. The lowest BCUT2D eigenvalue weighted by molar-refractivity contribution is -0.137. The van der Waals surface area contributed by atoms with Crippen LogP contribution in [-0.4, -0.2) is 31.5 Å². The van der Waals surface area contributed by atoms with Gasteiger partial charge in [-0.3, -0.25) is 4.79 Å². The fourth-order valence-corrected chi connectivity index (χ4v) is 2.03. The average molecular weight is 343 g/mol. The van der Waals surface area contributed by atoms with Crippen molar-refractivity contribution in [1.82, 2.24) is 0 Å². The van der Waals surface area contributed by atoms with Crippen molar-refractivity contribution < 1.29 is 32.2 Å². The van der Waals surface area contributed by atoms with Gasteiger partial charge in [0, 0.05) is 12.1 Å². The summed E-state index contributed by atoms with van der Waals surface area (Å²) < 4.78 is 51.6. The molecule has 0 amide bonds. The molecule has 1 saturated carbocycles. The molecule has 0 bridgehead atoms. The second kappa shape index (κ2) is 7.37. The van der Waals surface area contributed by atoms with Crippen LogP contribution in [0.3, 0.4) is 0 Å². The molecule has 1 aliphatic rings. The highest BCUT2D eigenvalue weighted by Gasteiger charge is 2.32. The minimum atomic E-state index is -1.52. The number of allylic oxidation sites excluding steroid dienone is 1. The molecule has 1 aliphatic carbocycles. The van der Waals surface area contributed by atoms with Gasteiger partial charge in [0.15, 0.2) is 23.2 Å². The number of nitrogens with one attached hydrogen (secondary N) is 1. The lowest BCUT2D eigenvalue weighted by atomic mass is 10.0. The summed E-state index contributed by atoms with van der Waals surface area (Å²) in [4.78, 5) is 23.5. The van der Waals surface area contributed by atoms with Crippen LogP contribution in [0.15, 0.2) is 12.2 Å². The quantitative estimate of drug-likeness (QED) is 0.357. The van der Waals surface area contributed by atoms with E-state index >= 15 is 0 Å². The molecule has 24 heavy (non-hydrogen) atoms. The molecular weight excluding hydrogens is 327 g/mol. The molecule has 0 spiro atoms. The van der Waals surface area contributed by atoms with Crippen LogP contribution in [0.2, 0.25) is 0 Å². The Kier molecular flexibility index (Phi) is 5.48. The maximum Gasteiger partial charge on any atom is 0.330 e. The Balaban J connectivity index is 2.47. The van der Waals surface area contributed by atoms with Crippen LogP contribution in [0.1, 0.15) is 30.1 Å². The summed E-state index contributed by atoms with van der Waals surface area (Å²) in [5.74, 6) is -7.09. The van der Waals surface area contributed by atoms with Gasteiger partial charge in [0.05, 0.1) is 25.0 Å². The number of carbonyl (C=O) groups is 2. The maximum atomic E-state index is 14.4. The monoisotopic (exact) mass is 343 g/mol. The summed E-state index contributed by atoms with van der Waals surface area (Å²) in [7, 11) is 0.956. The highest BCUT2D eigenvalue weighted by atomic mass is 19.2. The molecule has 130 valence electrons. The van der Waals surface area contributed by atoms with E-state index in [0.717, 1.165) is 19.3 Å². The third-order valence-corrected chi connectivity index (χ3v) is 3.31. The van der Waals surface area contributed by atoms with Crippen molar-refractivity contribution in [2.45, 2.75) is 25.8 Å². The summed E-state index contributed by atoms with van der Waals surface area (Å²) in [5.41, 5.74) is -1.30. The van der Waals surface area contributed by atoms with Crippen molar-refractivity contribution in [1.29, 1.82) is 0 Å².